The van der Waals surface area contributed by atoms with Crippen molar-refractivity contribution < 1.29 is 4.39 Å². The minimum absolute atomic E-state index is 0.631. The number of nitrogens with zero attached hydrogens (tertiary/aromatic N) is 2. The minimum atomic E-state index is -1.35. The monoisotopic (exact) mass is 325 g/mol. The highest BCUT2D eigenvalue weighted by Crippen LogP contribution is 2.37. The Labute approximate surface area is 138 Å². The van der Waals surface area contributed by atoms with Gasteiger partial charge < -0.3 is 4.98 Å². The first-order valence-electron chi connectivity index (χ1n) is 7.28. The van der Waals surface area contributed by atoms with Gasteiger partial charge in [-0.05, 0) is 24.1 Å². The molecular formula is C18H16FN3S. The lowest BCUT2D eigenvalue weighted by molar-refractivity contribution is 0.321. The van der Waals surface area contributed by atoms with Crippen LogP contribution in [-0.4, -0.2) is 21.9 Å². The maximum Gasteiger partial charge on any atom is 0.165 e. The Kier molecular flexibility index (Phi) is 4.35. The van der Waals surface area contributed by atoms with Gasteiger partial charge in [0.05, 0.1) is 6.07 Å². The molecule has 0 fully saturated rings. The van der Waals surface area contributed by atoms with E-state index >= 15 is 0 Å². The van der Waals surface area contributed by atoms with Crippen LogP contribution in [0.4, 0.5) is 4.39 Å². The summed E-state index contributed by atoms with van der Waals surface area (Å²) in [5, 5.41) is 10.5. The first-order chi connectivity index (χ1) is 11.1. The number of alkyl halides is 1. The molecule has 0 bridgehead atoms. The van der Waals surface area contributed by atoms with E-state index in [4.69, 9.17) is 0 Å². The summed E-state index contributed by atoms with van der Waals surface area (Å²) in [5.74, 6) is 0.631. The maximum atomic E-state index is 14.6. The standard InChI is InChI=1S/C18H16FN3S/c1-13-2-5-15(6-3-13)18(12-20)10-14(4-7-16(18)19)11-23-17-21-8-9-22-17/h2-10,16H,11H2,1H3,(H,21,22). The molecule has 0 spiro atoms. The highest BCUT2D eigenvalue weighted by molar-refractivity contribution is 7.99. The van der Waals surface area contributed by atoms with E-state index in [9.17, 15) is 9.65 Å². The third-order valence-electron chi connectivity index (χ3n) is 3.89. The Morgan fingerprint density at radius 1 is 1.39 bits per heavy atom. The Bertz CT molecular complexity index is 772. The van der Waals surface area contributed by atoms with E-state index in [0.29, 0.717) is 11.3 Å². The summed E-state index contributed by atoms with van der Waals surface area (Å²) in [7, 11) is 0. The number of halogens is 1. The molecule has 1 N–H and O–H groups in total. The predicted octanol–water partition coefficient (Wildman–Crippen LogP) is 4.11. The maximum absolute atomic E-state index is 14.6. The van der Waals surface area contributed by atoms with Gasteiger partial charge in [0.15, 0.2) is 5.16 Å². The van der Waals surface area contributed by atoms with Crippen molar-refractivity contribution >= 4 is 11.8 Å². The number of hydrogen-bond donors (Lipinski definition) is 1. The molecule has 2 atom stereocenters. The van der Waals surface area contributed by atoms with Gasteiger partial charge in [-0.2, -0.15) is 5.26 Å². The summed E-state index contributed by atoms with van der Waals surface area (Å²) >= 11 is 1.53. The van der Waals surface area contributed by atoms with Crippen molar-refractivity contribution in [3.8, 4) is 6.07 Å². The van der Waals surface area contributed by atoms with Crippen LogP contribution in [0.5, 0.6) is 0 Å². The zero-order valence-corrected chi connectivity index (χ0v) is 13.5. The summed E-state index contributed by atoms with van der Waals surface area (Å²) in [5.41, 5.74) is 1.42. The zero-order chi connectivity index (χ0) is 16.3. The van der Waals surface area contributed by atoms with Crippen LogP contribution in [0.3, 0.4) is 0 Å². The Morgan fingerprint density at radius 2 is 2.17 bits per heavy atom. The molecule has 1 aliphatic rings. The number of thioether (sulfide) groups is 1. The fourth-order valence-corrected chi connectivity index (χ4v) is 3.35. The molecule has 1 aliphatic carbocycles. The molecule has 5 heteroatoms. The van der Waals surface area contributed by atoms with Gasteiger partial charge in [0.1, 0.15) is 11.6 Å². The molecule has 0 radical (unpaired) electrons. The van der Waals surface area contributed by atoms with Gasteiger partial charge >= 0.3 is 0 Å². The molecule has 3 nitrogen and oxygen atoms in total. The normalized spacial score (nSPS) is 23.3. The fraction of sp³-hybridized carbons (Fsp3) is 0.222. The quantitative estimate of drug-likeness (QED) is 0.861. The summed E-state index contributed by atoms with van der Waals surface area (Å²) in [4.78, 5) is 7.18. The molecule has 2 unspecified atom stereocenters. The minimum Gasteiger partial charge on any atom is -0.340 e. The molecule has 1 aromatic heterocycles. The molecule has 1 heterocycles. The second-order valence-electron chi connectivity index (χ2n) is 5.51. The highest BCUT2D eigenvalue weighted by atomic mass is 32.2. The topological polar surface area (TPSA) is 52.5 Å². The number of allylic oxidation sites excluding steroid dienone is 3. The van der Waals surface area contributed by atoms with Gasteiger partial charge in [0, 0.05) is 18.1 Å². The lowest BCUT2D eigenvalue weighted by Crippen LogP contribution is -2.34. The predicted molar refractivity (Wildman–Crippen MR) is 89.9 cm³/mol. The van der Waals surface area contributed by atoms with Crippen molar-refractivity contribution in [2.75, 3.05) is 5.75 Å². The number of benzene rings is 1. The van der Waals surface area contributed by atoms with Crippen molar-refractivity contribution in [2.45, 2.75) is 23.7 Å². The van der Waals surface area contributed by atoms with Crippen molar-refractivity contribution in [3.63, 3.8) is 0 Å². The SMILES string of the molecule is Cc1ccc(C2(C#N)C=C(CSc3ncc[nH]3)C=CC2F)cc1. The van der Waals surface area contributed by atoms with Gasteiger partial charge in [-0.3, -0.25) is 0 Å². The molecular weight excluding hydrogens is 309 g/mol. The van der Waals surface area contributed by atoms with Gasteiger partial charge in [-0.1, -0.05) is 53.7 Å². The van der Waals surface area contributed by atoms with Crippen LogP contribution in [0.1, 0.15) is 11.1 Å². The van der Waals surface area contributed by atoms with E-state index in [1.807, 2.05) is 31.2 Å². The number of aromatic amines is 1. The van der Waals surface area contributed by atoms with E-state index in [1.54, 1.807) is 24.5 Å². The smallest absolute Gasteiger partial charge is 0.165 e. The number of rotatable bonds is 4. The molecule has 0 saturated carbocycles. The number of hydrogen-bond acceptors (Lipinski definition) is 3. The number of H-pyrrole nitrogens is 1. The lowest BCUT2D eigenvalue weighted by Gasteiger charge is -2.29. The molecule has 0 saturated heterocycles. The van der Waals surface area contributed by atoms with E-state index < -0.39 is 11.6 Å². The van der Waals surface area contributed by atoms with Crippen LogP contribution in [0.25, 0.3) is 0 Å². The first kappa shape index (κ1) is 15.6. The summed E-state index contributed by atoms with van der Waals surface area (Å²) in [6, 6.07) is 9.67. The summed E-state index contributed by atoms with van der Waals surface area (Å²) in [6.07, 6.45) is 7.07. The number of imidazole rings is 1. The van der Waals surface area contributed by atoms with Crippen LogP contribution in [0.2, 0.25) is 0 Å². The van der Waals surface area contributed by atoms with Crippen LogP contribution in [0, 0.1) is 18.3 Å². The summed E-state index contributed by atoms with van der Waals surface area (Å²) in [6.45, 7) is 1.97. The second-order valence-corrected chi connectivity index (χ2v) is 6.47. The van der Waals surface area contributed by atoms with Crippen LogP contribution in [0.15, 0.2) is 65.6 Å². The molecule has 0 amide bonds. The van der Waals surface area contributed by atoms with Crippen molar-refractivity contribution in [2.24, 2.45) is 0 Å². The third-order valence-corrected chi connectivity index (χ3v) is 4.86. The molecule has 1 aromatic carbocycles. The molecule has 23 heavy (non-hydrogen) atoms. The van der Waals surface area contributed by atoms with E-state index in [2.05, 4.69) is 16.0 Å². The highest BCUT2D eigenvalue weighted by Gasteiger charge is 2.40. The Hall–Kier alpha value is -2.32. The average Bonchev–Trinajstić information content (AvgIpc) is 3.08. The fourth-order valence-electron chi connectivity index (χ4n) is 2.58. The second kappa shape index (κ2) is 6.43. The largest absolute Gasteiger partial charge is 0.340 e. The summed E-state index contributed by atoms with van der Waals surface area (Å²) < 4.78 is 14.6. The van der Waals surface area contributed by atoms with Crippen LogP contribution >= 0.6 is 11.8 Å². The van der Waals surface area contributed by atoms with Crippen LogP contribution < -0.4 is 0 Å². The molecule has 2 aromatic rings. The molecule has 0 aliphatic heterocycles. The number of nitrogens with one attached hydrogen (secondary N) is 1. The van der Waals surface area contributed by atoms with E-state index in [0.717, 1.165) is 16.3 Å². The van der Waals surface area contributed by atoms with E-state index in [-0.39, 0.29) is 0 Å². The Morgan fingerprint density at radius 3 is 2.83 bits per heavy atom. The van der Waals surface area contributed by atoms with Gasteiger partial charge in [0.2, 0.25) is 0 Å². The average molecular weight is 325 g/mol. The lowest BCUT2D eigenvalue weighted by atomic mass is 9.74. The third kappa shape index (κ3) is 3.08. The van der Waals surface area contributed by atoms with Gasteiger partial charge in [-0.25, -0.2) is 9.37 Å². The van der Waals surface area contributed by atoms with Crippen molar-refractivity contribution in [3.05, 3.63) is 71.6 Å². The number of aromatic nitrogens is 2. The number of nitriles is 1. The van der Waals surface area contributed by atoms with Crippen molar-refractivity contribution in [1.29, 1.82) is 5.26 Å². The molecule has 3 rings (SSSR count). The molecule has 116 valence electrons. The Balaban J connectivity index is 1.90. The zero-order valence-electron chi connectivity index (χ0n) is 12.7. The number of aryl methyl sites for hydroxylation is 1. The van der Waals surface area contributed by atoms with Gasteiger partial charge in [-0.15, -0.1) is 0 Å². The van der Waals surface area contributed by atoms with Crippen LogP contribution in [-0.2, 0) is 5.41 Å². The van der Waals surface area contributed by atoms with E-state index in [1.165, 1.54) is 17.8 Å². The van der Waals surface area contributed by atoms with Gasteiger partial charge in [0.25, 0.3) is 0 Å². The van der Waals surface area contributed by atoms with Crippen molar-refractivity contribution in [1.82, 2.24) is 9.97 Å². The first-order valence-corrected chi connectivity index (χ1v) is 8.27.